The number of halogens is 1. The van der Waals surface area contributed by atoms with Gasteiger partial charge in [0.15, 0.2) is 0 Å². The van der Waals surface area contributed by atoms with Crippen molar-refractivity contribution in [3.05, 3.63) is 94.9 Å². The van der Waals surface area contributed by atoms with E-state index in [0.29, 0.717) is 30.8 Å². The first-order valence-electron chi connectivity index (χ1n) is 12.4. The molecule has 0 fully saturated rings. The van der Waals surface area contributed by atoms with Crippen LogP contribution >= 0.6 is 0 Å². The van der Waals surface area contributed by atoms with Crippen molar-refractivity contribution in [2.45, 2.75) is 32.5 Å². The van der Waals surface area contributed by atoms with Gasteiger partial charge < -0.3 is 14.7 Å². The van der Waals surface area contributed by atoms with Crippen molar-refractivity contribution in [2.75, 3.05) is 26.7 Å². The average Bonchev–Trinajstić information content (AvgIpc) is 2.91. The number of amides is 1. The van der Waals surface area contributed by atoms with Gasteiger partial charge >= 0.3 is 0 Å². The molecule has 1 aromatic heterocycles. The van der Waals surface area contributed by atoms with Crippen molar-refractivity contribution in [1.29, 1.82) is 0 Å². The van der Waals surface area contributed by atoms with Gasteiger partial charge in [-0.15, -0.1) is 0 Å². The molecule has 2 aromatic carbocycles. The van der Waals surface area contributed by atoms with Crippen LogP contribution in [0.5, 0.6) is 5.88 Å². The van der Waals surface area contributed by atoms with Gasteiger partial charge in [0.05, 0.1) is 12.6 Å². The number of hydrogen-bond acceptors (Lipinski definition) is 5. The number of carbonyl (C=O) groups is 1. The highest BCUT2D eigenvalue weighted by atomic mass is 19.1. The Morgan fingerprint density at radius 2 is 1.86 bits per heavy atom. The number of fused-ring (bicyclic) bond motifs is 1. The van der Waals surface area contributed by atoms with E-state index < -0.39 is 0 Å². The molecule has 7 heteroatoms. The van der Waals surface area contributed by atoms with E-state index in [-0.39, 0.29) is 42.3 Å². The van der Waals surface area contributed by atoms with Crippen LogP contribution in [0.4, 0.5) is 4.39 Å². The zero-order chi connectivity index (χ0) is 26.4. The second kappa shape index (κ2) is 12.0. The van der Waals surface area contributed by atoms with Gasteiger partial charge in [0.25, 0.3) is 5.91 Å². The zero-order valence-electron chi connectivity index (χ0n) is 21.4. The Hall–Kier alpha value is -3.73. The Morgan fingerprint density at radius 1 is 1.16 bits per heavy atom. The van der Waals surface area contributed by atoms with Crippen LogP contribution in [0.25, 0.3) is 0 Å². The van der Waals surface area contributed by atoms with E-state index in [4.69, 9.17) is 4.74 Å². The van der Waals surface area contributed by atoms with E-state index in [1.807, 2.05) is 51.2 Å². The molecule has 0 saturated carbocycles. The van der Waals surface area contributed by atoms with E-state index in [1.54, 1.807) is 29.3 Å². The van der Waals surface area contributed by atoms with E-state index >= 15 is 0 Å². The summed E-state index contributed by atoms with van der Waals surface area (Å²) in [6.45, 7) is 5.34. The van der Waals surface area contributed by atoms with Crippen LogP contribution in [0.1, 0.15) is 40.9 Å². The van der Waals surface area contributed by atoms with Crippen LogP contribution in [-0.2, 0) is 6.54 Å². The molecule has 3 aromatic rings. The van der Waals surface area contributed by atoms with Gasteiger partial charge in [0.1, 0.15) is 17.5 Å². The number of nitrogens with zero attached hydrogens (tertiary/aromatic N) is 3. The Labute approximate surface area is 217 Å². The SMILES string of the molecule is C[C@H](CO)N1C[C@H](C)[C@H](CN(C)Cc2ccc(F)cc2)Oc2ncc(C#Cc3ccccc3)cc2C1=O. The zero-order valence-corrected chi connectivity index (χ0v) is 21.4. The molecule has 0 spiro atoms. The van der Waals surface area contributed by atoms with E-state index in [0.717, 1.165) is 11.1 Å². The molecule has 4 rings (SSSR count). The summed E-state index contributed by atoms with van der Waals surface area (Å²) in [5.74, 6) is 5.92. The summed E-state index contributed by atoms with van der Waals surface area (Å²) in [6.07, 6.45) is 1.35. The monoisotopic (exact) mass is 501 g/mol. The van der Waals surface area contributed by atoms with Crippen molar-refractivity contribution in [3.8, 4) is 17.7 Å². The molecule has 37 heavy (non-hydrogen) atoms. The maximum Gasteiger partial charge on any atom is 0.259 e. The molecule has 6 nitrogen and oxygen atoms in total. The Bertz CT molecular complexity index is 1270. The molecular weight excluding hydrogens is 469 g/mol. The first-order valence-corrected chi connectivity index (χ1v) is 12.4. The first-order chi connectivity index (χ1) is 17.8. The smallest absolute Gasteiger partial charge is 0.259 e. The number of ether oxygens (including phenoxy) is 1. The van der Waals surface area contributed by atoms with Crippen molar-refractivity contribution in [1.82, 2.24) is 14.8 Å². The fourth-order valence-electron chi connectivity index (χ4n) is 4.33. The Kier molecular flexibility index (Phi) is 8.54. The van der Waals surface area contributed by atoms with Crippen molar-refractivity contribution < 1.29 is 19.0 Å². The summed E-state index contributed by atoms with van der Waals surface area (Å²) in [5.41, 5.74) is 2.80. The summed E-state index contributed by atoms with van der Waals surface area (Å²) < 4.78 is 19.7. The number of rotatable bonds is 6. The number of aromatic nitrogens is 1. The van der Waals surface area contributed by atoms with E-state index in [9.17, 15) is 14.3 Å². The lowest BCUT2D eigenvalue weighted by molar-refractivity contribution is 0.0325. The minimum Gasteiger partial charge on any atom is -0.472 e. The third-order valence-corrected chi connectivity index (χ3v) is 6.50. The molecule has 3 atom stereocenters. The number of carbonyl (C=O) groups excluding carboxylic acids is 1. The fourth-order valence-corrected chi connectivity index (χ4v) is 4.33. The molecule has 1 aliphatic heterocycles. The molecule has 0 unspecified atom stereocenters. The molecule has 192 valence electrons. The fraction of sp³-hybridized carbons (Fsp3) is 0.333. The molecule has 0 aliphatic carbocycles. The second-order valence-corrected chi connectivity index (χ2v) is 9.64. The van der Waals surface area contributed by atoms with Gasteiger partial charge in [-0.05, 0) is 49.9 Å². The third-order valence-electron chi connectivity index (χ3n) is 6.50. The summed E-state index contributed by atoms with van der Waals surface area (Å²) in [6, 6.07) is 17.4. The minimum atomic E-state index is -0.363. The topological polar surface area (TPSA) is 65.9 Å². The lowest BCUT2D eigenvalue weighted by Crippen LogP contribution is -2.49. The number of aliphatic hydroxyl groups excluding tert-OH is 1. The number of aliphatic hydroxyl groups is 1. The highest BCUT2D eigenvalue weighted by Gasteiger charge is 2.34. The van der Waals surface area contributed by atoms with Crippen LogP contribution in [0.2, 0.25) is 0 Å². The summed E-state index contributed by atoms with van der Waals surface area (Å²) >= 11 is 0. The highest BCUT2D eigenvalue weighted by molar-refractivity contribution is 5.97. The summed E-state index contributed by atoms with van der Waals surface area (Å²) in [7, 11) is 1.98. The lowest BCUT2D eigenvalue weighted by atomic mass is 9.99. The minimum absolute atomic E-state index is 0.0267. The normalized spacial score (nSPS) is 18.2. The van der Waals surface area contributed by atoms with Gasteiger partial charge in [0.2, 0.25) is 5.88 Å². The highest BCUT2D eigenvalue weighted by Crippen LogP contribution is 2.27. The average molecular weight is 502 g/mol. The van der Waals surface area contributed by atoms with Gasteiger partial charge in [-0.1, -0.05) is 49.1 Å². The van der Waals surface area contributed by atoms with Gasteiger partial charge in [0, 0.05) is 42.9 Å². The molecule has 1 amide bonds. The quantitative estimate of drug-likeness (QED) is 0.518. The molecule has 1 aliphatic rings. The van der Waals surface area contributed by atoms with E-state index in [2.05, 4.69) is 21.7 Å². The van der Waals surface area contributed by atoms with Crippen LogP contribution in [0, 0.1) is 23.6 Å². The molecule has 0 bridgehead atoms. The second-order valence-electron chi connectivity index (χ2n) is 9.64. The lowest BCUT2D eigenvalue weighted by Gasteiger charge is -2.37. The molecule has 0 saturated heterocycles. The Morgan fingerprint density at radius 3 is 2.57 bits per heavy atom. The van der Waals surface area contributed by atoms with E-state index in [1.165, 1.54) is 12.1 Å². The predicted molar refractivity (Wildman–Crippen MR) is 141 cm³/mol. The summed E-state index contributed by atoms with van der Waals surface area (Å²) in [5, 5.41) is 9.86. The largest absolute Gasteiger partial charge is 0.472 e. The molecular formula is C30H32FN3O3. The number of pyridine rings is 1. The number of benzene rings is 2. The van der Waals surface area contributed by atoms with Gasteiger partial charge in [-0.2, -0.15) is 0 Å². The maximum absolute atomic E-state index is 13.6. The molecule has 1 N–H and O–H groups in total. The van der Waals surface area contributed by atoms with Crippen LogP contribution in [0.15, 0.2) is 66.9 Å². The molecule has 0 radical (unpaired) electrons. The van der Waals surface area contributed by atoms with Crippen molar-refractivity contribution >= 4 is 5.91 Å². The number of likely N-dealkylation sites (N-methyl/N-ethyl adjacent to an activating group) is 1. The maximum atomic E-state index is 13.6. The van der Waals surface area contributed by atoms with Crippen LogP contribution in [-0.4, -0.2) is 64.7 Å². The standard InChI is InChI=1S/C30H32FN3O3/c1-21-17-34(22(2)20-35)30(36)27-15-25(10-9-23-7-5-4-6-8-23)16-32-29(27)37-28(21)19-33(3)18-24-11-13-26(31)14-12-24/h4-8,11-16,21-22,28,35H,17-20H2,1-3H3/t21-,22+,28-/m0/s1. The van der Waals surface area contributed by atoms with Crippen molar-refractivity contribution in [3.63, 3.8) is 0 Å². The third kappa shape index (κ3) is 6.73. The van der Waals surface area contributed by atoms with Gasteiger partial charge in [-0.3, -0.25) is 9.69 Å². The Balaban J connectivity index is 1.61. The molecule has 2 heterocycles. The predicted octanol–water partition coefficient (Wildman–Crippen LogP) is 3.97. The van der Waals surface area contributed by atoms with Crippen molar-refractivity contribution in [2.24, 2.45) is 5.92 Å². The van der Waals surface area contributed by atoms with Crippen LogP contribution < -0.4 is 4.74 Å². The van der Waals surface area contributed by atoms with Crippen LogP contribution in [0.3, 0.4) is 0 Å². The van der Waals surface area contributed by atoms with Gasteiger partial charge in [-0.25, -0.2) is 9.37 Å². The first kappa shape index (κ1) is 26.3. The number of hydrogen-bond donors (Lipinski definition) is 1. The summed E-state index contributed by atoms with van der Waals surface area (Å²) in [4.78, 5) is 21.9.